The molecule has 7 amide bonds. The van der Waals surface area contributed by atoms with Gasteiger partial charge in [0.15, 0.2) is 0 Å². The lowest BCUT2D eigenvalue weighted by Gasteiger charge is -2.27. The number of aromatic amines is 1. The van der Waals surface area contributed by atoms with Crippen LogP contribution in [0.3, 0.4) is 0 Å². The maximum Gasteiger partial charge on any atom is 0.312 e. The molecule has 0 aliphatic rings. The summed E-state index contributed by atoms with van der Waals surface area (Å²) in [5, 5.41) is 15.2. The molecule has 0 fully saturated rings. The van der Waals surface area contributed by atoms with Crippen molar-refractivity contribution in [2.45, 2.75) is 75.7 Å². The van der Waals surface area contributed by atoms with E-state index >= 15 is 0 Å². The highest BCUT2D eigenvalue weighted by molar-refractivity contribution is 5.96. The topological polar surface area (TPSA) is 269 Å². The van der Waals surface area contributed by atoms with Gasteiger partial charge in [-0.2, -0.15) is 0 Å². The SMILES string of the molecule is CC(C)(N)C(=O)N[C@@H](Cc1cnc[nH]1)C(=O)N[C@H](Cc1ccc2ccccc2c1)C(=O)N[C@H](Cc1ccccc1)C(=O)N[C@@H](CCCNC(N)=O)C(N)=O. The monoisotopic (exact) mass is 740 g/mol. The van der Waals surface area contributed by atoms with Gasteiger partial charge in [0, 0.05) is 37.7 Å². The Bertz CT molecular complexity index is 1910. The van der Waals surface area contributed by atoms with Gasteiger partial charge in [-0.15, -0.1) is 0 Å². The summed E-state index contributed by atoms with van der Waals surface area (Å²) in [7, 11) is 0. The van der Waals surface area contributed by atoms with Crippen LogP contribution >= 0.6 is 0 Å². The predicted molar refractivity (Wildman–Crippen MR) is 202 cm³/mol. The number of fused-ring (bicyclic) bond motifs is 1. The lowest BCUT2D eigenvalue weighted by atomic mass is 9.99. The largest absolute Gasteiger partial charge is 0.368 e. The minimum atomic E-state index is -1.31. The van der Waals surface area contributed by atoms with Gasteiger partial charge in [0.1, 0.15) is 24.2 Å². The first-order valence-corrected chi connectivity index (χ1v) is 17.5. The Hall–Kier alpha value is -6.29. The van der Waals surface area contributed by atoms with Gasteiger partial charge in [0.05, 0.1) is 11.9 Å². The van der Waals surface area contributed by atoms with Crippen LogP contribution < -0.4 is 43.8 Å². The van der Waals surface area contributed by atoms with Gasteiger partial charge in [-0.3, -0.25) is 24.0 Å². The number of imidazole rings is 1. The van der Waals surface area contributed by atoms with Crippen molar-refractivity contribution in [3.63, 3.8) is 0 Å². The molecule has 0 spiro atoms. The van der Waals surface area contributed by atoms with Crippen molar-refractivity contribution in [3.8, 4) is 0 Å². The summed E-state index contributed by atoms with van der Waals surface area (Å²) in [5.74, 6) is -3.46. The van der Waals surface area contributed by atoms with Gasteiger partial charge in [-0.25, -0.2) is 9.78 Å². The van der Waals surface area contributed by atoms with E-state index in [2.05, 4.69) is 36.6 Å². The third-order valence-electron chi connectivity index (χ3n) is 8.62. The van der Waals surface area contributed by atoms with E-state index in [4.69, 9.17) is 17.2 Å². The second kappa shape index (κ2) is 19.0. The fourth-order valence-corrected chi connectivity index (χ4v) is 5.66. The molecule has 286 valence electrons. The number of nitrogens with two attached hydrogens (primary N) is 3. The van der Waals surface area contributed by atoms with Crippen molar-refractivity contribution in [2.24, 2.45) is 17.2 Å². The van der Waals surface area contributed by atoms with Crippen LogP contribution in [0.25, 0.3) is 10.8 Å². The van der Waals surface area contributed by atoms with E-state index in [9.17, 15) is 28.8 Å². The highest BCUT2D eigenvalue weighted by atomic mass is 16.2. The molecule has 0 unspecified atom stereocenters. The lowest BCUT2D eigenvalue weighted by Crippen LogP contribution is -2.60. The quantitative estimate of drug-likeness (QED) is 0.0598. The van der Waals surface area contributed by atoms with Crippen molar-refractivity contribution >= 4 is 46.3 Å². The Kier molecular flexibility index (Phi) is 14.2. The molecule has 0 radical (unpaired) electrons. The van der Waals surface area contributed by atoms with Crippen molar-refractivity contribution in [2.75, 3.05) is 6.54 Å². The number of primary amides is 2. The molecule has 4 rings (SSSR count). The number of urea groups is 1. The molecule has 0 saturated carbocycles. The number of H-pyrrole nitrogens is 1. The summed E-state index contributed by atoms with van der Waals surface area (Å²) in [6.45, 7) is 3.16. The molecule has 4 atom stereocenters. The first-order chi connectivity index (χ1) is 25.7. The zero-order valence-corrected chi connectivity index (χ0v) is 30.3. The van der Waals surface area contributed by atoms with Gasteiger partial charge in [-0.05, 0) is 48.6 Å². The van der Waals surface area contributed by atoms with Crippen LogP contribution in [0.15, 0.2) is 85.3 Å². The molecule has 12 N–H and O–H groups in total. The zero-order valence-electron chi connectivity index (χ0n) is 30.3. The Morgan fingerprint density at radius 3 is 1.85 bits per heavy atom. The van der Waals surface area contributed by atoms with Crippen LogP contribution in [0.4, 0.5) is 4.79 Å². The van der Waals surface area contributed by atoms with Gasteiger partial charge < -0.3 is 48.8 Å². The maximum atomic E-state index is 14.3. The zero-order chi connectivity index (χ0) is 39.3. The molecular formula is C38H48N10O6. The van der Waals surface area contributed by atoms with Gasteiger partial charge in [-0.1, -0.05) is 72.8 Å². The highest BCUT2D eigenvalue weighted by Gasteiger charge is 2.33. The van der Waals surface area contributed by atoms with E-state index in [1.165, 1.54) is 26.4 Å². The Labute approximate surface area is 312 Å². The number of carbonyl (C=O) groups excluding carboxylic acids is 6. The molecule has 0 aliphatic carbocycles. The Morgan fingerprint density at radius 1 is 0.704 bits per heavy atom. The number of rotatable bonds is 19. The van der Waals surface area contributed by atoms with E-state index in [0.717, 1.165) is 10.8 Å². The van der Waals surface area contributed by atoms with Crippen LogP contribution in [-0.2, 0) is 43.2 Å². The van der Waals surface area contributed by atoms with Crippen LogP contribution in [0, 0.1) is 0 Å². The Balaban J connectivity index is 1.63. The lowest BCUT2D eigenvalue weighted by molar-refractivity contribution is -0.134. The number of nitrogens with zero attached hydrogens (tertiary/aromatic N) is 1. The van der Waals surface area contributed by atoms with Crippen molar-refractivity contribution in [1.82, 2.24) is 36.6 Å². The third kappa shape index (κ3) is 12.4. The smallest absolute Gasteiger partial charge is 0.312 e. The van der Waals surface area contributed by atoms with E-state index in [-0.39, 0.29) is 38.6 Å². The Morgan fingerprint density at radius 2 is 1.28 bits per heavy atom. The first kappa shape index (κ1) is 40.5. The first-order valence-electron chi connectivity index (χ1n) is 17.5. The summed E-state index contributed by atoms with van der Waals surface area (Å²) in [5.41, 5.74) is 17.4. The minimum Gasteiger partial charge on any atom is -0.368 e. The fourth-order valence-electron chi connectivity index (χ4n) is 5.66. The van der Waals surface area contributed by atoms with Crippen molar-refractivity contribution in [1.29, 1.82) is 0 Å². The molecule has 4 aromatic rings. The molecular weight excluding hydrogens is 692 g/mol. The normalized spacial score (nSPS) is 13.5. The van der Waals surface area contributed by atoms with E-state index in [0.29, 0.717) is 16.8 Å². The number of hydrogen-bond donors (Lipinski definition) is 9. The standard InChI is InChI=1S/C38H48N10O6/c1-38(2,41)36(53)48-31(20-27-21-42-22-44-27)35(52)47-30(19-24-14-15-25-11-6-7-12-26(25)17-24)34(51)46-29(18-23-9-4-3-5-10-23)33(50)45-28(32(39)49)13-8-16-43-37(40)54/h3-7,9-12,14-15,17,21-22,28-31H,8,13,16,18-20,41H2,1-2H3,(H2,39,49)(H,42,44)(H,45,50)(H,46,51)(H,47,52)(H,48,53)(H3,40,43,54)/t28-,29+,30+,31-/m0/s1. The number of amides is 7. The summed E-state index contributed by atoms with van der Waals surface area (Å²) in [6.07, 6.45) is 3.40. The van der Waals surface area contributed by atoms with Crippen LogP contribution in [0.1, 0.15) is 43.5 Å². The second-order valence-corrected chi connectivity index (χ2v) is 13.6. The number of carbonyl (C=O) groups is 6. The predicted octanol–water partition coefficient (Wildman–Crippen LogP) is 0.201. The minimum absolute atomic E-state index is 0.0144. The van der Waals surface area contributed by atoms with Crippen LogP contribution in [-0.4, -0.2) is 81.8 Å². The number of aromatic nitrogens is 2. The maximum absolute atomic E-state index is 14.3. The summed E-state index contributed by atoms with van der Waals surface area (Å²) in [4.78, 5) is 85.4. The average Bonchev–Trinajstić information content (AvgIpc) is 3.65. The molecule has 54 heavy (non-hydrogen) atoms. The van der Waals surface area contributed by atoms with E-state index < -0.39 is 65.3 Å². The highest BCUT2D eigenvalue weighted by Crippen LogP contribution is 2.17. The molecule has 1 heterocycles. The van der Waals surface area contributed by atoms with Crippen LogP contribution in [0.2, 0.25) is 0 Å². The number of benzene rings is 3. The van der Waals surface area contributed by atoms with Crippen molar-refractivity contribution < 1.29 is 28.8 Å². The van der Waals surface area contributed by atoms with Gasteiger partial charge in [0.25, 0.3) is 0 Å². The van der Waals surface area contributed by atoms with E-state index in [1.807, 2.05) is 42.5 Å². The molecule has 16 heteroatoms. The average molecular weight is 741 g/mol. The molecule has 0 saturated heterocycles. The fraction of sp³-hybridized carbons (Fsp3) is 0.342. The molecule has 0 aliphatic heterocycles. The van der Waals surface area contributed by atoms with Crippen LogP contribution in [0.5, 0.6) is 0 Å². The second-order valence-electron chi connectivity index (χ2n) is 13.6. The van der Waals surface area contributed by atoms with E-state index in [1.54, 1.807) is 30.3 Å². The molecule has 1 aromatic heterocycles. The third-order valence-corrected chi connectivity index (χ3v) is 8.62. The summed E-state index contributed by atoms with van der Waals surface area (Å²) < 4.78 is 0. The molecule has 16 nitrogen and oxygen atoms in total. The van der Waals surface area contributed by atoms with Crippen molar-refractivity contribution in [3.05, 3.63) is 102 Å². The number of hydrogen-bond acceptors (Lipinski definition) is 8. The van der Waals surface area contributed by atoms with Gasteiger partial charge in [0.2, 0.25) is 29.5 Å². The van der Waals surface area contributed by atoms with Gasteiger partial charge >= 0.3 is 6.03 Å². The summed E-state index contributed by atoms with van der Waals surface area (Å²) >= 11 is 0. The summed E-state index contributed by atoms with van der Waals surface area (Å²) in [6, 6.07) is 16.8. The molecule has 3 aromatic carbocycles. The molecule has 0 bridgehead atoms. The number of nitrogens with one attached hydrogen (secondary N) is 6.